The fourth-order valence-corrected chi connectivity index (χ4v) is 3.25. The fourth-order valence-electron chi connectivity index (χ4n) is 3.25. The Morgan fingerprint density at radius 2 is 2.00 bits per heavy atom. The third kappa shape index (κ3) is 2.79. The van der Waals surface area contributed by atoms with Crippen molar-refractivity contribution >= 4 is 0 Å². The summed E-state index contributed by atoms with van der Waals surface area (Å²) in [4.78, 5) is 0. The summed E-state index contributed by atoms with van der Waals surface area (Å²) in [5.74, 6) is 0.212. The van der Waals surface area contributed by atoms with Crippen LogP contribution in [0.2, 0.25) is 0 Å². The molecule has 3 rings (SSSR count). The van der Waals surface area contributed by atoms with Gasteiger partial charge in [-0.3, -0.25) is 0 Å². The van der Waals surface area contributed by atoms with Crippen molar-refractivity contribution in [3.8, 4) is 5.75 Å². The number of hydrogen-bond acceptors (Lipinski definition) is 3. The predicted molar refractivity (Wildman–Crippen MR) is 71.0 cm³/mol. The van der Waals surface area contributed by atoms with Crippen molar-refractivity contribution in [2.45, 2.75) is 44.0 Å². The molecule has 5 heteroatoms. The Labute approximate surface area is 117 Å². The first-order chi connectivity index (χ1) is 9.69. The monoisotopic (exact) mass is 283 g/mol. The zero-order valence-corrected chi connectivity index (χ0v) is 11.3. The minimum atomic E-state index is -2.81. The number of nitrogens with one attached hydrogen (secondary N) is 1. The molecule has 110 valence electrons. The summed E-state index contributed by atoms with van der Waals surface area (Å²) in [5.41, 5.74) is 0.576. The molecule has 1 aliphatic carbocycles. The van der Waals surface area contributed by atoms with E-state index in [1.54, 1.807) is 18.2 Å². The van der Waals surface area contributed by atoms with Crippen LogP contribution in [0.4, 0.5) is 8.78 Å². The molecule has 1 saturated carbocycles. The molecule has 1 aliphatic heterocycles. The molecular formula is C15H19F2NO2. The van der Waals surface area contributed by atoms with Crippen molar-refractivity contribution in [1.82, 2.24) is 5.32 Å². The summed E-state index contributed by atoms with van der Waals surface area (Å²) in [6.45, 7) is -1.33. The van der Waals surface area contributed by atoms with Gasteiger partial charge in [-0.2, -0.15) is 8.78 Å². The van der Waals surface area contributed by atoms with Crippen LogP contribution >= 0.6 is 0 Å². The van der Waals surface area contributed by atoms with Crippen LogP contribution in [0.25, 0.3) is 0 Å². The highest BCUT2D eigenvalue weighted by Crippen LogP contribution is 2.41. The maximum atomic E-state index is 12.5. The van der Waals surface area contributed by atoms with E-state index in [1.807, 2.05) is 6.07 Å². The second-order valence-electron chi connectivity index (χ2n) is 5.54. The van der Waals surface area contributed by atoms with Gasteiger partial charge in [-0.05, 0) is 18.9 Å². The quantitative estimate of drug-likeness (QED) is 0.923. The summed E-state index contributed by atoms with van der Waals surface area (Å²) in [7, 11) is 0. The summed E-state index contributed by atoms with van der Waals surface area (Å²) in [6, 6.07) is 6.90. The van der Waals surface area contributed by atoms with Gasteiger partial charge in [-0.1, -0.05) is 31.0 Å². The molecular weight excluding hydrogens is 264 g/mol. The maximum absolute atomic E-state index is 12.5. The molecule has 1 unspecified atom stereocenters. The Kier molecular flexibility index (Phi) is 3.89. The van der Waals surface area contributed by atoms with E-state index in [0.29, 0.717) is 12.1 Å². The van der Waals surface area contributed by atoms with Crippen molar-refractivity contribution in [2.75, 3.05) is 13.1 Å². The number of para-hydroxylation sites is 1. The molecule has 1 atom stereocenters. The largest absolute Gasteiger partial charge is 0.434 e. The first kappa shape index (κ1) is 13.8. The van der Waals surface area contributed by atoms with Crippen LogP contribution in [0.5, 0.6) is 5.75 Å². The van der Waals surface area contributed by atoms with Gasteiger partial charge in [0.25, 0.3) is 0 Å². The molecule has 0 aromatic heterocycles. The number of rotatable bonds is 3. The number of ether oxygens (including phenoxy) is 2. The van der Waals surface area contributed by atoms with Crippen LogP contribution in [-0.2, 0) is 4.74 Å². The first-order valence-electron chi connectivity index (χ1n) is 7.11. The van der Waals surface area contributed by atoms with Crippen LogP contribution in [0, 0.1) is 0 Å². The van der Waals surface area contributed by atoms with E-state index in [0.717, 1.165) is 19.4 Å². The molecule has 2 fully saturated rings. The molecule has 1 aromatic rings. The zero-order valence-electron chi connectivity index (χ0n) is 11.3. The highest BCUT2D eigenvalue weighted by atomic mass is 19.3. The molecule has 1 spiro atoms. The van der Waals surface area contributed by atoms with Gasteiger partial charge in [0.05, 0.1) is 11.7 Å². The molecule has 20 heavy (non-hydrogen) atoms. The van der Waals surface area contributed by atoms with Crippen LogP contribution in [0.1, 0.15) is 37.4 Å². The number of morpholine rings is 1. The van der Waals surface area contributed by atoms with Gasteiger partial charge >= 0.3 is 6.61 Å². The minimum Gasteiger partial charge on any atom is -0.434 e. The van der Waals surface area contributed by atoms with Crippen LogP contribution in [0.3, 0.4) is 0 Å². The lowest BCUT2D eigenvalue weighted by Gasteiger charge is -2.39. The van der Waals surface area contributed by atoms with Gasteiger partial charge in [0.1, 0.15) is 5.75 Å². The van der Waals surface area contributed by atoms with Crippen LogP contribution in [0.15, 0.2) is 24.3 Å². The van der Waals surface area contributed by atoms with Gasteiger partial charge in [-0.15, -0.1) is 0 Å². The average molecular weight is 283 g/mol. The summed E-state index contributed by atoms with van der Waals surface area (Å²) >= 11 is 0. The van der Waals surface area contributed by atoms with E-state index in [2.05, 4.69) is 10.1 Å². The molecule has 1 N–H and O–H groups in total. The van der Waals surface area contributed by atoms with Crippen molar-refractivity contribution in [1.29, 1.82) is 0 Å². The van der Waals surface area contributed by atoms with Crippen molar-refractivity contribution in [3.05, 3.63) is 29.8 Å². The average Bonchev–Trinajstić information content (AvgIpc) is 2.87. The summed E-state index contributed by atoms with van der Waals surface area (Å²) in [6.07, 6.45) is 4.19. The molecule has 1 heterocycles. The lowest BCUT2D eigenvalue weighted by Crippen LogP contribution is -2.49. The minimum absolute atomic E-state index is 0.124. The molecule has 2 aliphatic rings. The second kappa shape index (κ2) is 5.66. The van der Waals surface area contributed by atoms with E-state index >= 15 is 0 Å². The Morgan fingerprint density at radius 3 is 2.75 bits per heavy atom. The van der Waals surface area contributed by atoms with Crippen molar-refractivity contribution < 1.29 is 18.3 Å². The van der Waals surface area contributed by atoms with Crippen LogP contribution < -0.4 is 10.1 Å². The Balaban J connectivity index is 1.81. The van der Waals surface area contributed by atoms with E-state index in [9.17, 15) is 8.78 Å². The van der Waals surface area contributed by atoms with Crippen molar-refractivity contribution in [2.24, 2.45) is 0 Å². The van der Waals surface area contributed by atoms with E-state index in [-0.39, 0.29) is 17.5 Å². The fraction of sp³-hybridized carbons (Fsp3) is 0.600. The highest BCUT2D eigenvalue weighted by Gasteiger charge is 2.40. The van der Waals surface area contributed by atoms with Gasteiger partial charge in [0, 0.05) is 18.7 Å². The van der Waals surface area contributed by atoms with Crippen molar-refractivity contribution in [3.63, 3.8) is 0 Å². The standard InChI is InChI=1S/C15H19F2NO2/c16-14(17)19-12-6-2-1-5-11(12)13-9-18-10-15(20-13)7-3-4-8-15/h1-2,5-6,13-14,18H,3-4,7-10H2. The van der Waals surface area contributed by atoms with E-state index in [4.69, 9.17) is 4.74 Å². The number of benzene rings is 1. The van der Waals surface area contributed by atoms with E-state index in [1.165, 1.54) is 12.8 Å². The predicted octanol–water partition coefficient (Wildman–Crippen LogP) is 3.26. The Bertz CT molecular complexity index is 461. The molecule has 3 nitrogen and oxygen atoms in total. The Hall–Kier alpha value is -1.20. The lowest BCUT2D eigenvalue weighted by atomic mass is 9.97. The summed E-state index contributed by atoms with van der Waals surface area (Å²) in [5, 5.41) is 3.38. The van der Waals surface area contributed by atoms with Crippen LogP contribution in [-0.4, -0.2) is 25.3 Å². The third-order valence-corrected chi connectivity index (χ3v) is 4.17. The van der Waals surface area contributed by atoms with E-state index < -0.39 is 6.61 Å². The topological polar surface area (TPSA) is 30.5 Å². The normalized spacial score (nSPS) is 25.2. The smallest absolute Gasteiger partial charge is 0.387 e. The number of hydrogen-bond donors (Lipinski definition) is 1. The molecule has 0 radical (unpaired) electrons. The maximum Gasteiger partial charge on any atom is 0.387 e. The summed E-state index contributed by atoms with van der Waals surface area (Å²) < 4.78 is 35.8. The highest BCUT2D eigenvalue weighted by molar-refractivity contribution is 5.36. The van der Waals surface area contributed by atoms with Gasteiger partial charge < -0.3 is 14.8 Å². The molecule has 1 aromatic carbocycles. The zero-order chi connectivity index (χ0) is 14.0. The SMILES string of the molecule is FC(F)Oc1ccccc1C1CNCC2(CCCC2)O1. The van der Waals surface area contributed by atoms with Gasteiger partial charge in [0.2, 0.25) is 0 Å². The first-order valence-corrected chi connectivity index (χ1v) is 7.11. The van der Waals surface area contributed by atoms with Gasteiger partial charge in [0.15, 0.2) is 0 Å². The Morgan fingerprint density at radius 1 is 1.25 bits per heavy atom. The second-order valence-corrected chi connectivity index (χ2v) is 5.54. The molecule has 0 bridgehead atoms. The van der Waals surface area contributed by atoms with Gasteiger partial charge in [-0.25, -0.2) is 0 Å². The molecule has 0 amide bonds. The number of halogens is 2. The molecule has 1 saturated heterocycles. The lowest BCUT2D eigenvalue weighted by molar-refractivity contribution is -0.116. The number of alkyl halides is 2. The third-order valence-electron chi connectivity index (χ3n) is 4.17.